The van der Waals surface area contributed by atoms with Gasteiger partial charge in [0, 0.05) is 18.5 Å². The molecule has 2 fully saturated rings. The highest BCUT2D eigenvalue weighted by atomic mass is 16.2. The van der Waals surface area contributed by atoms with E-state index in [2.05, 4.69) is 10.2 Å². The minimum atomic E-state index is -0.244. The summed E-state index contributed by atoms with van der Waals surface area (Å²) >= 11 is 0. The van der Waals surface area contributed by atoms with Crippen molar-refractivity contribution in [3.63, 3.8) is 0 Å². The average molecular weight is 339 g/mol. The van der Waals surface area contributed by atoms with Gasteiger partial charge in [-0.05, 0) is 37.2 Å². The van der Waals surface area contributed by atoms with Gasteiger partial charge in [0.15, 0.2) is 5.69 Å². The number of carbonyl (C=O) groups is 1. The van der Waals surface area contributed by atoms with Crippen molar-refractivity contribution < 1.29 is 4.79 Å². The number of fused-ring (bicyclic) bond motifs is 1. The summed E-state index contributed by atoms with van der Waals surface area (Å²) in [6, 6.07) is 7.22. The van der Waals surface area contributed by atoms with Gasteiger partial charge in [0.2, 0.25) is 0 Å². The predicted molar refractivity (Wildman–Crippen MR) is 97.6 cm³/mol. The Morgan fingerprint density at radius 3 is 2.44 bits per heavy atom. The van der Waals surface area contributed by atoms with Gasteiger partial charge in [-0.2, -0.15) is 5.10 Å². The van der Waals surface area contributed by atoms with E-state index < -0.39 is 0 Å². The quantitative estimate of drug-likeness (QED) is 0.865. The fourth-order valence-electron chi connectivity index (χ4n) is 4.70. The maximum absolute atomic E-state index is 13.2. The van der Waals surface area contributed by atoms with Crippen LogP contribution >= 0.6 is 0 Å². The minimum absolute atomic E-state index is 0.0456. The Hall–Kier alpha value is -2.17. The van der Waals surface area contributed by atoms with Crippen LogP contribution in [-0.2, 0) is 0 Å². The van der Waals surface area contributed by atoms with Crippen molar-refractivity contribution in [3.05, 3.63) is 40.3 Å². The number of nitrogens with zero attached hydrogens (tertiary/aromatic N) is 2. The summed E-state index contributed by atoms with van der Waals surface area (Å²) in [4.78, 5) is 27.1. The van der Waals surface area contributed by atoms with Crippen molar-refractivity contribution in [2.45, 2.75) is 51.4 Å². The molecule has 25 heavy (non-hydrogen) atoms. The molecule has 1 aliphatic carbocycles. The number of nitrogens with one attached hydrogen (secondary N) is 1. The Labute approximate surface area is 147 Å². The van der Waals surface area contributed by atoms with Gasteiger partial charge in [-0.3, -0.25) is 9.59 Å². The Morgan fingerprint density at radius 1 is 1.00 bits per heavy atom. The van der Waals surface area contributed by atoms with Crippen LogP contribution in [0.15, 0.2) is 29.1 Å². The average Bonchev–Trinajstić information content (AvgIpc) is 2.87. The molecule has 2 heterocycles. The second-order valence-electron chi connectivity index (χ2n) is 7.69. The zero-order chi connectivity index (χ0) is 17.3. The molecular weight excluding hydrogens is 314 g/mol. The number of hydrogen-bond acceptors (Lipinski definition) is 3. The smallest absolute Gasteiger partial charge is 0.274 e. The maximum Gasteiger partial charge on any atom is 0.274 e. The number of piperidine rings is 1. The topological polar surface area (TPSA) is 66.1 Å². The van der Waals surface area contributed by atoms with Crippen molar-refractivity contribution in [2.75, 3.05) is 13.1 Å². The largest absolute Gasteiger partial charge is 0.337 e. The molecule has 1 aromatic carbocycles. The molecule has 1 saturated heterocycles. The molecule has 1 amide bonds. The second-order valence-corrected chi connectivity index (χ2v) is 7.69. The number of H-pyrrole nitrogens is 1. The number of rotatable bonds is 1. The fraction of sp³-hybridized carbons (Fsp3) is 0.550. The number of amides is 1. The minimum Gasteiger partial charge on any atom is -0.337 e. The summed E-state index contributed by atoms with van der Waals surface area (Å²) in [5.74, 6) is -0.0456. The van der Waals surface area contributed by atoms with Crippen molar-refractivity contribution in [1.82, 2.24) is 15.1 Å². The van der Waals surface area contributed by atoms with E-state index in [0.29, 0.717) is 21.9 Å². The summed E-state index contributed by atoms with van der Waals surface area (Å²) in [5, 5.41) is 7.78. The number of aromatic nitrogens is 2. The van der Waals surface area contributed by atoms with Crippen LogP contribution in [0.3, 0.4) is 0 Å². The number of hydrogen-bond donors (Lipinski definition) is 1. The van der Waals surface area contributed by atoms with E-state index in [1.165, 1.54) is 44.9 Å². The van der Waals surface area contributed by atoms with Crippen LogP contribution < -0.4 is 5.56 Å². The van der Waals surface area contributed by atoms with E-state index in [0.717, 1.165) is 19.5 Å². The molecule has 1 spiro atoms. The third-order valence-electron chi connectivity index (χ3n) is 6.01. The zero-order valence-electron chi connectivity index (χ0n) is 14.6. The highest BCUT2D eigenvalue weighted by molar-refractivity contribution is 6.04. The molecular formula is C20H25N3O2. The van der Waals surface area contributed by atoms with Crippen LogP contribution in [-0.4, -0.2) is 34.1 Å². The molecule has 0 unspecified atom stereocenters. The molecule has 5 nitrogen and oxygen atoms in total. The summed E-state index contributed by atoms with van der Waals surface area (Å²) < 4.78 is 0. The van der Waals surface area contributed by atoms with E-state index in [1.807, 2.05) is 23.1 Å². The molecule has 4 rings (SSSR count). The van der Waals surface area contributed by atoms with Crippen LogP contribution in [0.1, 0.15) is 61.9 Å². The Morgan fingerprint density at radius 2 is 1.68 bits per heavy atom. The summed E-state index contributed by atoms with van der Waals surface area (Å²) in [7, 11) is 0. The van der Waals surface area contributed by atoms with Crippen LogP contribution in [0.5, 0.6) is 0 Å². The summed E-state index contributed by atoms with van der Waals surface area (Å²) in [5.41, 5.74) is 0.425. The third-order valence-corrected chi connectivity index (χ3v) is 6.01. The second kappa shape index (κ2) is 6.62. The molecule has 5 heteroatoms. The van der Waals surface area contributed by atoms with Gasteiger partial charge in [-0.15, -0.1) is 0 Å². The molecule has 1 aliphatic heterocycles. The van der Waals surface area contributed by atoms with Crippen molar-refractivity contribution in [1.29, 1.82) is 0 Å². The highest BCUT2D eigenvalue weighted by Crippen LogP contribution is 2.42. The molecule has 0 atom stereocenters. The monoisotopic (exact) mass is 339 g/mol. The lowest BCUT2D eigenvalue weighted by molar-refractivity contribution is 0.0461. The Kier molecular flexibility index (Phi) is 4.32. The first-order valence-corrected chi connectivity index (χ1v) is 9.45. The lowest BCUT2D eigenvalue weighted by atomic mass is 9.74. The highest BCUT2D eigenvalue weighted by Gasteiger charge is 2.37. The number of benzene rings is 1. The predicted octanol–water partition coefficient (Wildman–Crippen LogP) is 3.50. The van der Waals surface area contributed by atoms with Crippen LogP contribution in [0, 0.1) is 5.41 Å². The van der Waals surface area contributed by atoms with Gasteiger partial charge in [0.1, 0.15) is 0 Å². The number of carbonyl (C=O) groups excluding carboxylic acids is 1. The van der Waals surface area contributed by atoms with Crippen LogP contribution in [0.4, 0.5) is 0 Å². The first-order chi connectivity index (χ1) is 12.2. The third kappa shape index (κ3) is 3.08. The van der Waals surface area contributed by atoms with Gasteiger partial charge in [-0.25, -0.2) is 5.10 Å². The van der Waals surface area contributed by atoms with Crippen molar-refractivity contribution >= 4 is 16.7 Å². The Balaban J connectivity index is 1.65. The van der Waals surface area contributed by atoms with Gasteiger partial charge >= 0.3 is 0 Å². The van der Waals surface area contributed by atoms with Crippen LogP contribution in [0.2, 0.25) is 0 Å². The van der Waals surface area contributed by atoms with E-state index in [1.54, 1.807) is 6.07 Å². The van der Waals surface area contributed by atoms with Crippen LogP contribution in [0.25, 0.3) is 10.8 Å². The number of likely N-dealkylation sites (tertiary alicyclic amines) is 1. The van der Waals surface area contributed by atoms with E-state index >= 15 is 0 Å². The van der Waals surface area contributed by atoms with E-state index in [9.17, 15) is 9.59 Å². The Bertz CT molecular complexity index is 834. The lowest BCUT2D eigenvalue weighted by Crippen LogP contribution is -2.46. The first-order valence-electron chi connectivity index (χ1n) is 9.45. The standard InChI is InChI=1S/C20H25N3O2/c24-18-16-9-4-3-8-15(16)17(21-22-18)19(25)23-13-7-12-20(14-23)10-5-1-2-6-11-20/h3-4,8-9H,1-2,5-7,10-14H2,(H,22,24). The van der Waals surface area contributed by atoms with Gasteiger partial charge < -0.3 is 4.90 Å². The maximum atomic E-state index is 13.2. The normalized spacial score (nSPS) is 20.6. The lowest BCUT2D eigenvalue weighted by Gasteiger charge is -2.42. The number of aromatic amines is 1. The molecule has 2 aromatic rings. The molecule has 132 valence electrons. The summed E-state index contributed by atoms with van der Waals surface area (Å²) in [6.45, 7) is 1.62. The first kappa shape index (κ1) is 16.3. The van der Waals surface area contributed by atoms with E-state index in [4.69, 9.17) is 0 Å². The summed E-state index contributed by atoms with van der Waals surface area (Å²) in [6.07, 6.45) is 9.96. The van der Waals surface area contributed by atoms with Gasteiger partial charge in [0.05, 0.1) is 5.39 Å². The van der Waals surface area contributed by atoms with Gasteiger partial charge in [-0.1, -0.05) is 43.9 Å². The van der Waals surface area contributed by atoms with Crippen molar-refractivity contribution in [2.24, 2.45) is 5.41 Å². The molecule has 0 radical (unpaired) electrons. The fourth-order valence-corrected chi connectivity index (χ4v) is 4.70. The van der Waals surface area contributed by atoms with Crippen molar-refractivity contribution in [3.8, 4) is 0 Å². The molecule has 1 saturated carbocycles. The van der Waals surface area contributed by atoms with Gasteiger partial charge in [0.25, 0.3) is 11.5 Å². The molecule has 2 aliphatic rings. The molecule has 1 N–H and O–H groups in total. The zero-order valence-corrected chi connectivity index (χ0v) is 14.6. The SMILES string of the molecule is O=C(c1n[nH]c(=O)c2ccccc12)N1CCCC2(CCCCCC2)C1. The molecule has 1 aromatic heterocycles. The molecule has 0 bridgehead atoms. The van der Waals surface area contributed by atoms with E-state index in [-0.39, 0.29) is 11.5 Å².